The molecule has 1 heterocycles. The summed E-state index contributed by atoms with van der Waals surface area (Å²) >= 11 is 0. The molecule has 1 N–H and O–H groups in total. The van der Waals surface area contributed by atoms with E-state index in [1.54, 1.807) is 6.41 Å². The van der Waals surface area contributed by atoms with E-state index in [4.69, 9.17) is 0 Å². The summed E-state index contributed by atoms with van der Waals surface area (Å²) < 4.78 is 0. The number of nitrogens with one attached hydrogen (secondary N) is 1. The van der Waals surface area contributed by atoms with Crippen LogP contribution in [0.2, 0.25) is 0 Å². The van der Waals surface area contributed by atoms with Gasteiger partial charge in [-0.1, -0.05) is 6.92 Å². The van der Waals surface area contributed by atoms with Crippen LogP contribution in [-0.4, -0.2) is 37.5 Å². The van der Waals surface area contributed by atoms with Crippen molar-refractivity contribution in [3.8, 4) is 0 Å². The molecule has 0 bridgehead atoms. The Bertz CT molecular complexity index is 138. The van der Waals surface area contributed by atoms with E-state index >= 15 is 0 Å². The third-order valence-corrected chi connectivity index (χ3v) is 2.51. The number of carbonyl (C=O) groups excluding carboxylic acids is 1. The molecule has 1 atom stereocenters. The minimum absolute atomic E-state index is 0.639. The SMILES string of the molecule is CCN1CCCC(CN[C]=O)C1. The second kappa shape index (κ2) is 5.14. The molecule has 1 amide bonds. The van der Waals surface area contributed by atoms with Crippen molar-refractivity contribution in [3.05, 3.63) is 0 Å². The maximum absolute atomic E-state index is 9.95. The lowest BCUT2D eigenvalue weighted by atomic mass is 9.98. The molecule has 1 radical (unpaired) electrons. The van der Waals surface area contributed by atoms with Gasteiger partial charge in [-0.25, -0.2) is 0 Å². The van der Waals surface area contributed by atoms with Crippen molar-refractivity contribution in [2.24, 2.45) is 5.92 Å². The molecular weight excluding hydrogens is 152 g/mol. The summed E-state index contributed by atoms with van der Waals surface area (Å²) in [6.07, 6.45) is 4.23. The fraction of sp³-hybridized carbons (Fsp3) is 0.889. The molecule has 69 valence electrons. The van der Waals surface area contributed by atoms with Crippen molar-refractivity contribution >= 4 is 6.41 Å². The van der Waals surface area contributed by atoms with Crippen LogP contribution in [0.5, 0.6) is 0 Å². The minimum Gasteiger partial charge on any atom is -0.348 e. The van der Waals surface area contributed by atoms with Crippen LogP contribution >= 0.6 is 0 Å². The first kappa shape index (κ1) is 9.52. The Hall–Kier alpha value is -0.570. The lowest BCUT2D eigenvalue weighted by Gasteiger charge is -2.31. The molecule has 1 fully saturated rings. The normalized spacial score (nSPS) is 25.2. The Balaban J connectivity index is 2.20. The summed E-state index contributed by atoms with van der Waals surface area (Å²) in [7, 11) is 0. The molecule has 0 aromatic heterocycles. The van der Waals surface area contributed by atoms with E-state index < -0.39 is 0 Å². The predicted octanol–water partition coefficient (Wildman–Crippen LogP) is 0.375. The first-order valence-electron chi connectivity index (χ1n) is 4.69. The highest BCUT2D eigenvalue weighted by molar-refractivity contribution is 5.46. The highest BCUT2D eigenvalue weighted by Crippen LogP contribution is 2.14. The molecule has 12 heavy (non-hydrogen) atoms. The third kappa shape index (κ3) is 2.81. The van der Waals surface area contributed by atoms with E-state index in [2.05, 4.69) is 17.1 Å². The molecule has 1 saturated heterocycles. The Morgan fingerprint density at radius 2 is 2.50 bits per heavy atom. The van der Waals surface area contributed by atoms with Gasteiger partial charge in [0.05, 0.1) is 0 Å². The zero-order valence-electron chi connectivity index (χ0n) is 7.68. The zero-order chi connectivity index (χ0) is 8.81. The van der Waals surface area contributed by atoms with Crippen molar-refractivity contribution in [2.45, 2.75) is 19.8 Å². The van der Waals surface area contributed by atoms with Gasteiger partial charge in [0.1, 0.15) is 0 Å². The lowest BCUT2D eigenvalue weighted by Crippen LogP contribution is -2.39. The van der Waals surface area contributed by atoms with Crippen molar-refractivity contribution in [3.63, 3.8) is 0 Å². The van der Waals surface area contributed by atoms with Gasteiger partial charge in [-0.2, -0.15) is 0 Å². The van der Waals surface area contributed by atoms with Gasteiger partial charge < -0.3 is 10.2 Å². The molecule has 1 unspecified atom stereocenters. The zero-order valence-corrected chi connectivity index (χ0v) is 7.68. The highest BCUT2D eigenvalue weighted by atomic mass is 16.1. The van der Waals surface area contributed by atoms with Gasteiger partial charge in [0.25, 0.3) is 0 Å². The summed E-state index contributed by atoms with van der Waals surface area (Å²) in [4.78, 5) is 12.4. The Morgan fingerprint density at radius 1 is 1.67 bits per heavy atom. The van der Waals surface area contributed by atoms with Crippen LogP contribution in [0, 0.1) is 5.92 Å². The van der Waals surface area contributed by atoms with Gasteiger partial charge in [0.2, 0.25) is 0 Å². The molecule has 0 spiro atoms. The van der Waals surface area contributed by atoms with Gasteiger partial charge in [0, 0.05) is 13.1 Å². The van der Waals surface area contributed by atoms with Crippen molar-refractivity contribution in [1.29, 1.82) is 0 Å². The topological polar surface area (TPSA) is 32.3 Å². The highest BCUT2D eigenvalue weighted by Gasteiger charge is 2.17. The van der Waals surface area contributed by atoms with E-state index in [0.29, 0.717) is 5.92 Å². The summed E-state index contributed by atoms with van der Waals surface area (Å²) in [6.45, 7) is 6.45. The van der Waals surface area contributed by atoms with E-state index in [-0.39, 0.29) is 0 Å². The number of nitrogens with zero attached hydrogens (tertiary/aromatic N) is 1. The van der Waals surface area contributed by atoms with Gasteiger partial charge in [-0.3, -0.25) is 4.79 Å². The summed E-state index contributed by atoms with van der Waals surface area (Å²) in [5.41, 5.74) is 0. The molecule has 3 heteroatoms. The number of hydrogen-bond acceptors (Lipinski definition) is 2. The Labute approximate surface area is 74.1 Å². The first-order chi connectivity index (χ1) is 5.86. The average molecular weight is 169 g/mol. The van der Waals surface area contributed by atoms with E-state index in [9.17, 15) is 4.79 Å². The van der Waals surface area contributed by atoms with E-state index in [0.717, 1.165) is 19.6 Å². The smallest absolute Gasteiger partial charge is 0.309 e. The van der Waals surface area contributed by atoms with Crippen LogP contribution in [0.4, 0.5) is 0 Å². The lowest BCUT2D eigenvalue weighted by molar-refractivity contribution is 0.183. The van der Waals surface area contributed by atoms with Crippen LogP contribution in [0.15, 0.2) is 0 Å². The summed E-state index contributed by atoms with van der Waals surface area (Å²) in [5.74, 6) is 0.639. The number of likely N-dealkylation sites (tertiary alicyclic amines) is 1. The Kier molecular flexibility index (Phi) is 4.08. The summed E-state index contributed by atoms with van der Waals surface area (Å²) in [6, 6.07) is 0. The fourth-order valence-electron chi connectivity index (χ4n) is 1.79. The summed E-state index contributed by atoms with van der Waals surface area (Å²) in [5, 5.41) is 2.63. The van der Waals surface area contributed by atoms with E-state index in [1.165, 1.54) is 19.4 Å². The molecular formula is C9H17N2O. The molecule has 1 rings (SSSR count). The molecule has 0 aromatic carbocycles. The van der Waals surface area contributed by atoms with Crippen molar-refractivity contribution < 1.29 is 4.79 Å². The second-order valence-corrected chi connectivity index (χ2v) is 3.38. The van der Waals surface area contributed by atoms with E-state index in [1.807, 2.05) is 0 Å². The van der Waals surface area contributed by atoms with Crippen LogP contribution in [0.1, 0.15) is 19.8 Å². The average Bonchev–Trinajstić information content (AvgIpc) is 2.15. The fourth-order valence-corrected chi connectivity index (χ4v) is 1.79. The molecule has 1 aliphatic heterocycles. The second-order valence-electron chi connectivity index (χ2n) is 3.38. The van der Waals surface area contributed by atoms with Crippen LogP contribution in [0.25, 0.3) is 0 Å². The van der Waals surface area contributed by atoms with Gasteiger partial charge >= 0.3 is 6.41 Å². The predicted molar refractivity (Wildman–Crippen MR) is 48.5 cm³/mol. The monoisotopic (exact) mass is 169 g/mol. The standard InChI is InChI=1S/C9H17N2O/c1-2-11-5-3-4-9(7-11)6-10-8-12/h9H,2-7H2,1H3,(H,10,12). The number of amides is 1. The minimum atomic E-state index is 0.639. The maximum Gasteiger partial charge on any atom is 0.309 e. The molecule has 3 nitrogen and oxygen atoms in total. The van der Waals surface area contributed by atoms with Crippen LogP contribution in [-0.2, 0) is 4.79 Å². The van der Waals surface area contributed by atoms with Gasteiger partial charge in [-0.15, -0.1) is 0 Å². The molecule has 1 aliphatic rings. The van der Waals surface area contributed by atoms with Crippen LogP contribution < -0.4 is 5.32 Å². The van der Waals surface area contributed by atoms with Gasteiger partial charge in [0.15, 0.2) is 0 Å². The quantitative estimate of drug-likeness (QED) is 0.617. The Morgan fingerprint density at radius 3 is 3.17 bits per heavy atom. The molecule has 0 aliphatic carbocycles. The first-order valence-corrected chi connectivity index (χ1v) is 4.69. The molecule has 0 aromatic rings. The largest absolute Gasteiger partial charge is 0.348 e. The van der Waals surface area contributed by atoms with Crippen LogP contribution in [0.3, 0.4) is 0 Å². The number of rotatable bonds is 4. The number of piperidine rings is 1. The molecule has 0 saturated carbocycles. The maximum atomic E-state index is 9.95. The third-order valence-electron chi connectivity index (χ3n) is 2.51. The number of hydrogen-bond donors (Lipinski definition) is 1. The van der Waals surface area contributed by atoms with Gasteiger partial charge in [-0.05, 0) is 31.8 Å². The van der Waals surface area contributed by atoms with Crippen molar-refractivity contribution in [1.82, 2.24) is 10.2 Å². The van der Waals surface area contributed by atoms with Crippen molar-refractivity contribution in [2.75, 3.05) is 26.2 Å².